The van der Waals surface area contributed by atoms with Crippen LogP contribution >= 0.6 is 0 Å². The van der Waals surface area contributed by atoms with Crippen molar-refractivity contribution in [3.8, 4) is 0 Å². The molecule has 0 aliphatic rings. The second-order valence-electron chi connectivity index (χ2n) is 4.99. The smallest absolute Gasteiger partial charge is 0.293 e. The molecule has 0 aliphatic carbocycles. The number of hydroxylamine groups is 1. The van der Waals surface area contributed by atoms with Gasteiger partial charge in [-0.15, -0.1) is 0 Å². The van der Waals surface area contributed by atoms with Gasteiger partial charge in [0.1, 0.15) is 5.69 Å². The van der Waals surface area contributed by atoms with E-state index in [0.29, 0.717) is 0 Å². The largest absolute Gasteiger partial charge is 0.375 e. The predicted octanol–water partition coefficient (Wildman–Crippen LogP) is 2.55. The highest BCUT2D eigenvalue weighted by molar-refractivity contribution is 5.91. The third kappa shape index (κ3) is 3.13. The molecule has 5 heteroatoms. The van der Waals surface area contributed by atoms with Gasteiger partial charge >= 0.3 is 0 Å². The van der Waals surface area contributed by atoms with Crippen molar-refractivity contribution in [2.75, 3.05) is 5.32 Å². The van der Waals surface area contributed by atoms with Crippen LogP contribution in [0.25, 0.3) is 0 Å². The molecular weight excluding hydrogens is 254 g/mol. The molecule has 3 N–H and O–H groups in total. The Morgan fingerprint density at radius 1 is 1.15 bits per heavy atom. The molecule has 2 rings (SSSR count). The SMILES string of the molecule is CC(C)(Nc1ccc(C(=O)NO)nc1)c1ccccc1. The van der Waals surface area contributed by atoms with Crippen LogP contribution in [0.4, 0.5) is 5.69 Å². The molecule has 1 amide bonds. The Labute approximate surface area is 117 Å². The summed E-state index contributed by atoms with van der Waals surface area (Å²) in [5.74, 6) is -0.626. The number of rotatable bonds is 4. The number of hydrogen-bond acceptors (Lipinski definition) is 4. The number of hydrogen-bond donors (Lipinski definition) is 3. The normalized spacial score (nSPS) is 10.9. The highest BCUT2D eigenvalue weighted by Gasteiger charge is 2.19. The summed E-state index contributed by atoms with van der Waals surface area (Å²) in [4.78, 5) is 15.2. The van der Waals surface area contributed by atoms with Gasteiger partial charge in [-0.3, -0.25) is 10.0 Å². The Kier molecular flexibility index (Phi) is 4.00. The summed E-state index contributed by atoms with van der Waals surface area (Å²) in [5.41, 5.74) is 3.40. The summed E-state index contributed by atoms with van der Waals surface area (Å²) in [6.07, 6.45) is 1.56. The van der Waals surface area contributed by atoms with Gasteiger partial charge in [0.05, 0.1) is 17.4 Å². The maximum atomic E-state index is 11.2. The van der Waals surface area contributed by atoms with Crippen molar-refractivity contribution in [3.63, 3.8) is 0 Å². The van der Waals surface area contributed by atoms with Gasteiger partial charge < -0.3 is 5.32 Å². The summed E-state index contributed by atoms with van der Waals surface area (Å²) < 4.78 is 0. The van der Waals surface area contributed by atoms with E-state index in [4.69, 9.17) is 5.21 Å². The summed E-state index contributed by atoms with van der Waals surface area (Å²) in [7, 11) is 0. The Hall–Kier alpha value is -2.40. The summed E-state index contributed by atoms with van der Waals surface area (Å²) in [6.45, 7) is 4.13. The molecule has 0 saturated heterocycles. The first-order chi connectivity index (χ1) is 9.53. The molecule has 20 heavy (non-hydrogen) atoms. The van der Waals surface area contributed by atoms with Gasteiger partial charge in [0.25, 0.3) is 5.91 Å². The molecule has 0 radical (unpaired) electrons. The van der Waals surface area contributed by atoms with E-state index in [9.17, 15) is 4.79 Å². The fourth-order valence-corrected chi connectivity index (χ4v) is 1.95. The molecule has 0 bridgehead atoms. The van der Waals surface area contributed by atoms with E-state index in [1.807, 2.05) is 30.3 Å². The molecule has 0 saturated carbocycles. The second-order valence-corrected chi connectivity index (χ2v) is 4.99. The van der Waals surface area contributed by atoms with E-state index in [1.165, 1.54) is 0 Å². The lowest BCUT2D eigenvalue weighted by molar-refractivity contribution is 0.0701. The second kappa shape index (κ2) is 5.71. The van der Waals surface area contributed by atoms with Crippen LogP contribution in [0, 0.1) is 0 Å². The molecule has 104 valence electrons. The van der Waals surface area contributed by atoms with Crippen molar-refractivity contribution in [3.05, 3.63) is 59.9 Å². The van der Waals surface area contributed by atoms with E-state index < -0.39 is 5.91 Å². The fourth-order valence-electron chi connectivity index (χ4n) is 1.95. The topological polar surface area (TPSA) is 74.2 Å². The molecule has 0 aliphatic heterocycles. The van der Waals surface area contributed by atoms with Crippen molar-refractivity contribution < 1.29 is 10.0 Å². The minimum Gasteiger partial charge on any atom is -0.375 e. The molecule has 1 aromatic heterocycles. The van der Waals surface area contributed by atoms with Crippen LogP contribution in [-0.2, 0) is 5.54 Å². The highest BCUT2D eigenvalue weighted by Crippen LogP contribution is 2.24. The first kappa shape index (κ1) is 14.0. The van der Waals surface area contributed by atoms with Crippen LogP contribution in [-0.4, -0.2) is 16.1 Å². The Morgan fingerprint density at radius 2 is 1.85 bits per heavy atom. The molecule has 0 fully saturated rings. The van der Waals surface area contributed by atoms with Crippen LogP contribution in [0.5, 0.6) is 0 Å². The molecule has 1 aromatic carbocycles. The number of anilines is 1. The number of amides is 1. The quantitative estimate of drug-likeness (QED) is 0.590. The van der Waals surface area contributed by atoms with E-state index in [-0.39, 0.29) is 11.2 Å². The molecule has 5 nitrogen and oxygen atoms in total. The fraction of sp³-hybridized carbons (Fsp3) is 0.200. The van der Waals surface area contributed by atoms with Gasteiger partial charge in [-0.1, -0.05) is 30.3 Å². The van der Waals surface area contributed by atoms with E-state index in [1.54, 1.807) is 23.8 Å². The van der Waals surface area contributed by atoms with Gasteiger partial charge in [-0.05, 0) is 31.5 Å². The minimum absolute atomic E-state index is 0.163. The standard InChI is InChI=1S/C15H17N3O2/c1-15(2,11-6-4-3-5-7-11)17-12-8-9-13(16-10-12)14(19)18-20/h3-10,17,20H,1-2H3,(H,18,19). The lowest BCUT2D eigenvalue weighted by atomic mass is 9.94. The predicted molar refractivity (Wildman–Crippen MR) is 76.6 cm³/mol. The lowest BCUT2D eigenvalue weighted by Crippen LogP contribution is -2.28. The molecule has 0 unspecified atom stereocenters. The molecule has 1 heterocycles. The first-order valence-electron chi connectivity index (χ1n) is 6.27. The van der Waals surface area contributed by atoms with Gasteiger partial charge in [0.15, 0.2) is 0 Å². The van der Waals surface area contributed by atoms with Crippen LogP contribution in [0.1, 0.15) is 29.9 Å². The first-order valence-corrected chi connectivity index (χ1v) is 6.27. The number of nitrogens with zero attached hydrogens (tertiary/aromatic N) is 1. The Bertz CT molecular complexity index is 580. The maximum Gasteiger partial charge on any atom is 0.293 e. The lowest BCUT2D eigenvalue weighted by Gasteiger charge is -2.28. The van der Waals surface area contributed by atoms with Crippen molar-refractivity contribution in [2.24, 2.45) is 0 Å². The van der Waals surface area contributed by atoms with Crippen molar-refractivity contribution in [1.82, 2.24) is 10.5 Å². The monoisotopic (exact) mass is 271 g/mol. The average molecular weight is 271 g/mol. The Balaban J connectivity index is 2.15. The van der Waals surface area contributed by atoms with Crippen LogP contribution in [0.2, 0.25) is 0 Å². The number of pyridine rings is 1. The zero-order chi connectivity index (χ0) is 14.6. The number of benzene rings is 1. The van der Waals surface area contributed by atoms with Gasteiger partial charge in [-0.25, -0.2) is 10.5 Å². The molecule has 0 atom stereocenters. The zero-order valence-electron chi connectivity index (χ0n) is 11.4. The van der Waals surface area contributed by atoms with Crippen molar-refractivity contribution in [1.29, 1.82) is 0 Å². The number of carbonyl (C=O) groups excluding carboxylic acids is 1. The van der Waals surface area contributed by atoms with Gasteiger partial charge in [-0.2, -0.15) is 0 Å². The number of carbonyl (C=O) groups is 1. The summed E-state index contributed by atoms with van der Waals surface area (Å²) in [6, 6.07) is 13.4. The Morgan fingerprint density at radius 3 is 2.40 bits per heavy atom. The third-order valence-corrected chi connectivity index (χ3v) is 3.05. The van der Waals surface area contributed by atoms with E-state index >= 15 is 0 Å². The molecule has 0 spiro atoms. The summed E-state index contributed by atoms with van der Waals surface area (Å²) in [5, 5.41) is 11.9. The zero-order valence-corrected chi connectivity index (χ0v) is 11.4. The number of aromatic nitrogens is 1. The van der Waals surface area contributed by atoms with E-state index in [0.717, 1.165) is 11.3 Å². The van der Waals surface area contributed by atoms with Crippen molar-refractivity contribution in [2.45, 2.75) is 19.4 Å². The highest BCUT2D eigenvalue weighted by atomic mass is 16.5. The summed E-state index contributed by atoms with van der Waals surface area (Å²) >= 11 is 0. The van der Waals surface area contributed by atoms with Crippen molar-refractivity contribution >= 4 is 11.6 Å². The number of nitrogens with one attached hydrogen (secondary N) is 2. The van der Waals surface area contributed by atoms with Crippen LogP contribution < -0.4 is 10.8 Å². The third-order valence-electron chi connectivity index (χ3n) is 3.05. The van der Waals surface area contributed by atoms with Crippen LogP contribution in [0.15, 0.2) is 48.7 Å². The van der Waals surface area contributed by atoms with Gasteiger partial charge in [0, 0.05) is 0 Å². The minimum atomic E-state index is -0.626. The average Bonchev–Trinajstić information content (AvgIpc) is 2.48. The van der Waals surface area contributed by atoms with E-state index in [2.05, 4.69) is 24.1 Å². The van der Waals surface area contributed by atoms with Crippen LogP contribution in [0.3, 0.4) is 0 Å². The molecule has 2 aromatic rings. The van der Waals surface area contributed by atoms with Gasteiger partial charge in [0.2, 0.25) is 0 Å². The molecular formula is C15H17N3O2. The maximum absolute atomic E-state index is 11.2.